The number of Topliss-reactive ketones (excluding diaryl/α,β-unsaturated/α-hetero) is 2. The molecule has 0 radical (unpaired) electrons. The average Bonchev–Trinajstić information content (AvgIpc) is 3.86. The van der Waals surface area contributed by atoms with Crippen LogP contribution in [0.2, 0.25) is 0 Å². The summed E-state index contributed by atoms with van der Waals surface area (Å²) in [6.07, 6.45) is 6.98. The summed E-state index contributed by atoms with van der Waals surface area (Å²) < 4.78 is 25.9. The number of carbonyl (C=O) groups excluding carboxylic acids is 6. The lowest BCUT2D eigenvalue weighted by atomic mass is 9.92. The van der Waals surface area contributed by atoms with Crippen LogP contribution in [0.5, 0.6) is 5.75 Å². The summed E-state index contributed by atoms with van der Waals surface area (Å²) >= 11 is 6.23. The van der Waals surface area contributed by atoms with Crippen molar-refractivity contribution in [3.63, 3.8) is 0 Å². The number of hydrogen-bond donors (Lipinski definition) is 3. The summed E-state index contributed by atoms with van der Waals surface area (Å²) in [7, 11) is 0. The highest BCUT2D eigenvalue weighted by atomic mass is 79.9. The molecule has 4 aromatic heterocycles. The number of nitrogens with one attached hydrogen (secondary N) is 2. The van der Waals surface area contributed by atoms with E-state index in [4.69, 9.17) is 9.47 Å². The molecule has 15 nitrogen and oxygen atoms in total. The zero-order valence-electron chi connectivity index (χ0n) is 50.7. The van der Waals surface area contributed by atoms with Crippen molar-refractivity contribution in [3.8, 4) is 39.7 Å². The van der Waals surface area contributed by atoms with Crippen LogP contribution in [0.15, 0.2) is 120 Å². The minimum absolute atomic E-state index is 0.0224. The molecule has 0 unspecified atom stereocenters. The number of phenols is 1. The fourth-order valence-electron chi connectivity index (χ4n) is 8.47. The number of aromatic hydroxyl groups is 1. The van der Waals surface area contributed by atoms with Gasteiger partial charge < -0.3 is 25.2 Å². The van der Waals surface area contributed by atoms with Gasteiger partial charge in [-0.3, -0.25) is 19.2 Å². The highest BCUT2D eigenvalue weighted by Crippen LogP contribution is 2.33. The molecule has 4 atom stereocenters. The number of amides is 2. The number of rotatable bonds is 19. The number of halogens is 2. The van der Waals surface area contributed by atoms with Crippen LogP contribution in [0.4, 0.5) is 4.39 Å². The zero-order chi connectivity index (χ0) is 62.8. The van der Waals surface area contributed by atoms with Crippen LogP contribution in [0.25, 0.3) is 33.9 Å². The van der Waals surface area contributed by atoms with Crippen molar-refractivity contribution in [2.75, 3.05) is 0 Å². The Morgan fingerprint density at radius 3 is 1.26 bits per heavy atom. The Labute approximate surface area is 514 Å². The molecule has 0 fully saturated rings. The van der Waals surface area contributed by atoms with Gasteiger partial charge in [-0.25, -0.2) is 33.9 Å². The summed E-state index contributed by atoms with van der Waals surface area (Å²) in [5, 5.41) is 15.0. The second-order valence-corrected chi connectivity index (χ2v) is 28.1. The van der Waals surface area contributed by atoms with E-state index in [0.29, 0.717) is 39.0 Å². The number of aromatic nitrogens is 4. The Kier molecular flexibility index (Phi) is 22.2. The van der Waals surface area contributed by atoms with Crippen molar-refractivity contribution in [1.29, 1.82) is 0 Å². The Morgan fingerprint density at radius 2 is 0.918 bits per heavy atom. The first-order valence-corrected chi connectivity index (χ1v) is 30.4. The molecule has 0 spiro atoms. The van der Waals surface area contributed by atoms with Crippen LogP contribution >= 0.6 is 38.6 Å². The van der Waals surface area contributed by atoms with E-state index in [1.165, 1.54) is 47.2 Å². The Morgan fingerprint density at radius 1 is 0.541 bits per heavy atom. The molecule has 2 amide bonds. The van der Waals surface area contributed by atoms with Gasteiger partial charge in [0.1, 0.15) is 34.9 Å². The number of esters is 2. The molecule has 450 valence electrons. The average molecular weight is 1260 g/mol. The Bertz CT molecular complexity index is 3470. The molecule has 0 aliphatic carbocycles. The van der Waals surface area contributed by atoms with E-state index in [1.807, 2.05) is 72.8 Å². The van der Waals surface area contributed by atoms with Gasteiger partial charge in [0.15, 0.2) is 23.2 Å². The largest absolute Gasteiger partial charge is 0.508 e. The first-order chi connectivity index (χ1) is 39.6. The van der Waals surface area contributed by atoms with Crippen LogP contribution in [0, 0.1) is 17.7 Å². The summed E-state index contributed by atoms with van der Waals surface area (Å²) in [4.78, 5) is 99.5. The van der Waals surface area contributed by atoms with Gasteiger partial charge in [-0.1, -0.05) is 90.1 Å². The van der Waals surface area contributed by atoms with Gasteiger partial charge in [-0.05, 0) is 143 Å². The van der Waals surface area contributed by atoms with E-state index in [-0.39, 0.29) is 58.9 Å². The molecule has 0 saturated carbocycles. The van der Waals surface area contributed by atoms with Gasteiger partial charge in [0.25, 0.3) is 0 Å². The van der Waals surface area contributed by atoms with Gasteiger partial charge in [-0.15, -0.1) is 22.7 Å². The summed E-state index contributed by atoms with van der Waals surface area (Å²) in [5.74, 6) is -3.22. The maximum absolute atomic E-state index is 14.3. The molecule has 0 aliphatic heterocycles. The van der Waals surface area contributed by atoms with E-state index >= 15 is 0 Å². The number of nitrogens with zero attached hydrogens (tertiary/aromatic N) is 4. The number of ketones is 2. The highest BCUT2D eigenvalue weighted by Gasteiger charge is 2.32. The number of ether oxygens (including phenoxy) is 2. The van der Waals surface area contributed by atoms with Crippen molar-refractivity contribution < 1.29 is 47.7 Å². The minimum atomic E-state index is -0.892. The quantitative estimate of drug-likeness (QED) is 0.0508. The lowest BCUT2D eigenvalue weighted by Gasteiger charge is -2.24. The van der Waals surface area contributed by atoms with Crippen molar-refractivity contribution >= 4 is 73.9 Å². The predicted molar refractivity (Wildman–Crippen MR) is 335 cm³/mol. The number of benzene rings is 3. The normalized spacial score (nSPS) is 13.3. The molecule has 85 heavy (non-hydrogen) atoms. The maximum Gasteiger partial charge on any atom is 0.328 e. The molecular formula is C66H76BrFN6O9S2. The predicted octanol–water partition coefficient (Wildman–Crippen LogP) is 13.8. The number of carbonyl (C=O) groups is 6. The SMILES string of the molecule is C[C@@H](NC(=O)[C@@H](CC(=O)c1ccc(C(C)(C)C)s1)Cc1ccc(-c2ncc(-c3ccc(O)cc3F)cn2)cc1)C(=O)OC(C)(C)C.C[C@@H](NC(=O)[C@@H](CC(=O)c1ccc(C(C)(C)C)s1)Cc1ccc(-c2ncc(Br)cn2)cc1)C(=O)OC(C)(C)C. The number of phenolic OH excluding ortho intramolecular Hbond substituents is 1. The van der Waals surface area contributed by atoms with Crippen molar-refractivity contribution in [2.24, 2.45) is 11.8 Å². The zero-order valence-corrected chi connectivity index (χ0v) is 53.9. The summed E-state index contributed by atoms with van der Waals surface area (Å²) in [5.41, 5.74) is 2.45. The number of hydrogen-bond acceptors (Lipinski definition) is 15. The molecule has 0 aliphatic rings. The molecule has 0 saturated heterocycles. The monoisotopic (exact) mass is 1260 g/mol. The molecule has 3 N–H and O–H groups in total. The Hall–Kier alpha value is -7.35. The molecule has 0 bridgehead atoms. The minimum Gasteiger partial charge on any atom is -0.508 e. The van der Waals surface area contributed by atoms with E-state index in [1.54, 1.807) is 67.8 Å². The lowest BCUT2D eigenvalue weighted by molar-refractivity contribution is -0.159. The van der Waals surface area contributed by atoms with E-state index < -0.39 is 58.8 Å². The van der Waals surface area contributed by atoms with Crippen LogP contribution < -0.4 is 10.6 Å². The van der Waals surface area contributed by atoms with Crippen LogP contribution in [0.1, 0.15) is 150 Å². The smallest absolute Gasteiger partial charge is 0.328 e. The molecule has 4 heterocycles. The number of thiophene rings is 2. The van der Waals surface area contributed by atoms with Gasteiger partial charge in [0.2, 0.25) is 11.8 Å². The topological polar surface area (TPSA) is 217 Å². The standard InChI is InChI=1S/C36H40FN3O5S.C30H36BrN3O4S/c1-21(34(44)45-36(5,6)7)40-33(43)24(17-29(42)30-14-15-31(46-30)35(2,3)4)16-22-8-10-23(11-9-22)32-38-19-25(20-39-32)27-13-12-26(41)18-28(27)37;1-18(28(37)38-30(5,6)7)34-27(36)21(15-23(35)24-12-13-25(39-24)29(2,3)4)14-19-8-10-20(11-9-19)26-32-16-22(31)17-33-26/h8-15,18-21,24,41H,16-17H2,1-7H3,(H,40,43);8-13,16-18,21H,14-15H2,1-7H3,(H,34,36)/t21-,24-;18-,21-/m11/s1. The Balaban J connectivity index is 0.000000276. The highest BCUT2D eigenvalue weighted by molar-refractivity contribution is 9.10. The lowest BCUT2D eigenvalue weighted by Crippen LogP contribution is -2.45. The molecule has 7 rings (SSSR count). The van der Waals surface area contributed by atoms with Crippen molar-refractivity contribution in [2.45, 2.75) is 157 Å². The molecule has 3 aromatic carbocycles. The van der Waals surface area contributed by atoms with Crippen LogP contribution in [0.3, 0.4) is 0 Å². The van der Waals surface area contributed by atoms with Gasteiger partial charge in [-0.2, -0.15) is 0 Å². The van der Waals surface area contributed by atoms with Crippen molar-refractivity contribution in [1.82, 2.24) is 30.6 Å². The molecule has 19 heteroatoms. The van der Waals surface area contributed by atoms with E-state index in [9.17, 15) is 38.3 Å². The third-order valence-corrected chi connectivity index (χ3v) is 16.5. The second kappa shape index (κ2) is 28.2. The molecule has 7 aromatic rings. The van der Waals surface area contributed by atoms with Gasteiger partial charge in [0, 0.05) is 87.5 Å². The maximum atomic E-state index is 14.3. The van der Waals surface area contributed by atoms with Gasteiger partial charge >= 0.3 is 11.9 Å². The van der Waals surface area contributed by atoms with Crippen molar-refractivity contribution in [3.05, 3.63) is 157 Å². The van der Waals surface area contributed by atoms with Crippen LogP contribution in [-0.2, 0) is 52.3 Å². The van der Waals surface area contributed by atoms with E-state index in [2.05, 4.69) is 88.0 Å². The molecular weight excluding hydrogens is 1180 g/mol. The second-order valence-electron chi connectivity index (χ2n) is 25.0. The fourth-order valence-corrected chi connectivity index (χ4v) is 10.7. The van der Waals surface area contributed by atoms with E-state index in [0.717, 1.165) is 37.0 Å². The third kappa shape index (κ3) is 20.1. The fraction of sp³-hybridized carbons (Fsp3) is 0.394. The van der Waals surface area contributed by atoms with Gasteiger partial charge in [0.05, 0.1) is 14.2 Å². The third-order valence-electron chi connectivity index (χ3n) is 13.0. The summed E-state index contributed by atoms with van der Waals surface area (Å²) in [6, 6.07) is 24.7. The summed E-state index contributed by atoms with van der Waals surface area (Å²) in [6.45, 7) is 26.3. The first-order valence-electron chi connectivity index (χ1n) is 27.9. The first kappa shape index (κ1) is 66.8. The van der Waals surface area contributed by atoms with Crippen LogP contribution in [-0.4, -0.2) is 83.6 Å².